The fraction of sp³-hybridized carbons (Fsp3) is 0.222. The molecule has 0 aliphatic heterocycles. The van der Waals surface area contributed by atoms with E-state index >= 15 is 0 Å². The highest BCUT2D eigenvalue weighted by molar-refractivity contribution is 9.10. The summed E-state index contributed by atoms with van der Waals surface area (Å²) in [7, 11) is 0. The van der Waals surface area contributed by atoms with Crippen LogP contribution in [0.15, 0.2) is 22.7 Å². The average Bonchev–Trinajstić information content (AvgIpc) is 2.08. The van der Waals surface area contributed by atoms with E-state index < -0.39 is 5.38 Å². The van der Waals surface area contributed by atoms with Crippen molar-refractivity contribution in [2.24, 2.45) is 0 Å². The smallest absolute Gasteiger partial charge is 0.152 e. The molecule has 13 heavy (non-hydrogen) atoms. The van der Waals surface area contributed by atoms with Crippen LogP contribution >= 0.6 is 27.5 Å². The number of benzene rings is 1. The Labute approximate surface area is 89.0 Å². The van der Waals surface area contributed by atoms with Gasteiger partial charge in [-0.3, -0.25) is 4.79 Å². The summed E-state index contributed by atoms with van der Waals surface area (Å²) in [5.41, 5.74) is 0.599. The van der Waals surface area contributed by atoms with Crippen molar-refractivity contribution in [3.63, 3.8) is 0 Å². The van der Waals surface area contributed by atoms with E-state index in [-0.39, 0.29) is 11.6 Å². The van der Waals surface area contributed by atoms with Gasteiger partial charge in [-0.1, -0.05) is 6.07 Å². The third-order valence-electron chi connectivity index (χ3n) is 1.59. The minimum Gasteiger partial charge on any atom is -0.298 e. The Hall–Kier alpha value is -0.410. The molecule has 1 unspecified atom stereocenters. The third kappa shape index (κ3) is 2.51. The van der Waals surface area contributed by atoms with Crippen LogP contribution in [0.25, 0.3) is 0 Å². The number of halogens is 3. The van der Waals surface area contributed by atoms with Crippen molar-refractivity contribution >= 4 is 33.3 Å². The van der Waals surface area contributed by atoms with E-state index in [1.807, 2.05) is 0 Å². The molecule has 1 nitrogen and oxygen atoms in total. The van der Waals surface area contributed by atoms with Crippen molar-refractivity contribution in [3.05, 3.63) is 34.1 Å². The molecule has 0 fully saturated rings. The quantitative estimate of drug-likeness (QED) is 0.749. The first-order valence-electron chi connectivity index (χ1n) is 3.62. The highest BCUT2D eigenvalue weighted by atomic mass is 79.9. The van der Waals surface area contributed by atoms with Gasteiger partial charge in [-0.05, 0) is 40.5 Å². The lowest BCUT2D eigenvalue weighted by atomic mass is 10.1. The normalized spacial score (nSPS) is 12.6. The van der Waals surface area contributed by atoms with E-state index in [2.05, 4.69) is 15.9 Å². The minimum atomic E-state index is -0.697. The second-order valence-corrected chi connectivity index (χ2v) is 3.94. The van der Waals surface area contributed by atoms with Crippen LogP contribution in [0.3, 0.4) is 0 Å². The molecule has 1 aromatic carbocycles. The summed E-state index contributed by atoms with van der Waals surface area (Å²) in [4.78, 5) is 10.9. The largest absolute Gasteiger partial charge is 0.298 e. The molecule has 1 atom stereocenters. The number of hydrogen-bond donors (Lipinski definition) is 0. The number of ketones is 1. The Kier molecular flexibility index (Phi) is 3.45. The van der Waals surface area contributed by atoms with Crippen LogP contribution in [-0.4, -0.2) is 5.78 Å². The summed E-state index contributed by atoms with van der Waals surface area (Å²) < 4.78 is 13.1. The second kappa shape index (κ2) is 4.20. The van der Waals surface area contributed by atoms with Gasteiger partial charge in [0.15, 0.2) is 5.78 Å². The van der Waals surface area contributed by atoms with Gasteiger partial charge in [0, 0.05) is 0 Å². The lowest BCUT2D eigenvalue weighted by Crippen LogP contribution is -2.01. The Bertz CT molecular complexity index is 340. The Morgan fingerprint density at radius 1 is 1.62 bits per heavy atom. The predicted octanol–water partition coefficient (Wildman–Crippen LogP) is 3.46. The Morgan fingerprint density at radius 2 is 2.23 bits per heavy atom. The highest BCUT2D eigenvalue weighted by Crippen LogP contribution is 2.25. The summed E-state index contributed by atoms with van der Waals surface area (Å²) in [6.45, 7) is 1.40. The molecule has 0 spiro atoms. The van der Waals surface area contributed by atoms with E-state index in [4.69, 9.17) is 11.6 Å². The van der Waals surface area contributed by atoms with E-state index in [0.29, 0.717) is 10.0 Å². The molecule has 0 bridgehead atoms. The van der Waals surface area contributed by atoms with Crippen LogP contribution in [0.4, 0.5) is 4.39 Å². The third-order valence-corrected chi connectivity index (χ3v) is 2.76. The van der Waals surface area contributed by atoms with E-state index in [0.717, 1.165) is 0 Å². The zero-order valence-electron chi connectivity index (χ0n) is 6.85. The van der Waals surface area contributed by atoms with Crippen LogP contribution < -0.4 is 0 Å². The number of alkyl halides is 1. The molecule has 0 N–H and O–H groups in total. The van der Waals surface area contributed by atoms with Gasteiger partial charge in [0.05, 0.1) is 4.47 Å². The lowest BCUT2D eigenvalue weighted by Gasteiger charge is -2.06. The van der Waals surface area contributed by atoms with Crippen molar-refractivity contribution < 1.29 is 9.18 Å². The molecule has 0 saturated heterocycles. The van der Waals surface area contributed by atoms with Crippen LogP contribution in [0.5, 0.6) is 0 Å². The maximum Gasteiger partial charge on any atom is 0.152 e. The predicted molar refractivity (Wildman–Crippen MR) is 53.4 cm³/mol. The summed E-state index contributed by atoms with van der Waals surface area (Å²) in [6.07, 6.45) is 0. The van der Waals surface area contributed by atoms with Crippen molar-refractivity contribution in [2.45, 2.75) is 12.3 Å². The van der Waals surface area contributed by atoms with Gasteiger partial charge in [0.25, 0.3) is 0 Å². The van der Waals surface area contributed by atoms with Gasteiger partial charge in [-0.25, -0.2) is 4.39 Å². The molecule has 0 aliphatic carbocycles. The number of Topliss-reactive ketones (excluding diaryl/α,β-unsaturated/α-hetero) is 1. The second-order valence-electron chi connectivity index (χ2n) is 2.65. The van der Waals surface area contributed by atoms with Gasteiger partial charge < -0.3 is 0 Å². The van der Waals surface area contributed by atoms with Crippen molar-refractivity contribution in [3.8, 4) is 0 Å². The average molecular weight is 266 g/mol. The first-order chi connectivity index (χ1) is 6.02. The van der Waals surface area contributed by atoms with Crippen LogP contribution in [0.1, 0.15) is 17.9 Å². The van der Waals surface area contributed by atoms with E-state index in [9.17, 15) is 9.18 Å². The van der Waals surface area contributed by atoms with Gasteiger partial charge in [0.1, 0.15) is 11.2 Å². The molecule has 0 aromatic heterocycles. The number of carbonyl (C=O) groups is 1. The summed E-state index contributed by atoms with van der Waals surface area (Å²) in [6, 6.07) is 4.28. The molecule has 0 amide bonds. The van der Waals surface area contributed by atoms with Crippen molar-refractivity contribution in [2.75, 3.05) is 0 Å². The minimum absolute atomic E-state index is 0.153. The summed E-state index contributed by atoms with van der Waals surface area (Å²) >= 11 is 8.79. The molecular weight excluding hydrogens is 258 g/mol. The van der Waals surface area contributed by atoms with Crippen LogP contribution in [0, 0.1) is 5.82 Å². The Balaban J connectivity index is 3.03. The fourth-order valence-corrected chi connectivity index (χ4v) is 1.44. The molecule has 70 valence electrons. The number of carbonyl (C=O) groups excluding carboxylic acids is 1. The molecule has 0 radical (unpaired) electrons. The van der Waals surface area contributed by atoms with E-state index in [1.54, 1.807) is 0 Å². The van der Waals surface area contributed by atoms with Gasteiger partial charge in [-0.2, -0.15) is 0 Å². The number of hydrogen-bond acceptors (Lipinski definition) is 1. The molecule has 0 heterocycles. The molecule has 0 aliphatic rings. The fourth-order valence-electron chi connectivity index (χ4n) is 0.905. The first kappa shape index (κ1) is 10.7. The summed E-state index contributed by atoms with van der Waals surface area (Å²) in [5.74, 6) is -0.517. The van der Waals surface area contributed by atoms with Crippen LogP contribution in [-0.2, 0) is 4.79 Å². The van der Waals surface area contributed by atoms with E-state index in [1.165, 1.54) is 25.1 Å². The van der Waals surface area contributed by atoms with Crippen LogP contribution in [0.2, 0.25) is 0 Å². The zero-order valence-corrected chi connectivity index (χ0v) is 9.19. The monoisotopic (exact) mass is 264 g/mol. The van der Waals surface area contributed by atoms with Gasteiger partial charge in [-0.15, -0.1) is 11.6 Å². The maximum atomic E-state index is 12.8. The maximum absolute atomic E-state index is 12.8. The Morgan fingerprint density at radius 3 is 2.69 bits per heavy atom. The molecule has 0 saturated carbocycles. The zero-order chi connectivity index (χ0) is 10.0. The molecule has 1 aromatic rings. The molecule has 1 rings (SSSR count). The molecule has 4 heteroatoms. The van der Waals surface area contributed by atoms with Gasteiger partial charge in [0.2, 0.25) is 0 Å². The van der Waals surface area contributed by atoms with Crippen molar-refractivity contribution in [1.82, 2.24) is 0 Å². The topological polar surface area (TPSA) is 17.1 Å². The summed E-state index contributed by atoms with van der Waals surface area (Å²) in [5, 5.41) is -0.697. The lowest BCUT2D eigenvalue weighted by molar-refractivity contribution is -0.116. The van der Waals surface area contributed by atoms with Crippen molar-refractivity contribution in [1.29, 1.82) is 0 Å². The standard InChI is InChI=1S/C9H7BrClFO/c1-5(13)9(11)6-2-3-8(12)7(10)4-6/h2-4,9H,1H3. The van der Waals surface area contributed by atoms with Gasteiger partial charge >= 0.3 is 0 Å². The highest BCUT2D eigenvalue weighted by Gasteiger charge is 2.13. The number of rotatable bonds is 2. The SMILES string of the molecule is CC(=O)C(Cl)c1ccc(F)c(Br)c1. The molecular formula is C9H7BrClFO. The first-order valence-corrected chi connectivity index (χ1v) is 4.85.